The minimum Gasteiger partial charge on any atom is -0.313 e. The van der Waals surface area contributed by atoms with Crippen LogP contribution in [0.4, 0.5) is 0 Å². The van der Waals surface area contributed by atoms with Gasteiger partial charge in [-0.15, -0.1) is 0 Å². The van der Waals surface area contributed by atoms with Crippen LogP contribution in [-0.2, 0) is 12.8 Å². The molecule has 0 fully saturated rings. The zero-order valence-corrected chi connectivity index (χ0v) is 11.4. The summed E-state index contributed by atoms with van der Waals surface area (Å²) in [5.74, 6) is 0.828. The third kappa shape index (κ3) is 2.90. The Morgan fingerprint density at radius 1 is 1.35 bits per heavy atom. The topological polar surface area (TPSA) is 12.0 Å². The predicted octanol–water partition coefficient (Wildman–Crippen LogP) is 3.87. The van der Waals surface area contributed by atoms with E-state index in [4.69, 9.17) is 0 Å². The van der Waals surface area contributed by atoms with Gasteiger partial charge in [0.25, 0.3) is 0 Å². The van der Waals surface area contributed by atoms with Gasteiger partial charge in [-0.1, -0.05) is 38.5 Å². The van der Waals surface area contributed by atoms with Crippen LogP contribution in [0, 0.1) is 5.92 Å². The van der Waals surface area contributed by atoms with Crippen molar-refractivity contribution in [2.45, 2.75) is 52.0 Å². The number of fused-ring (bicyclic) bond motifs is 1. The Morgan fingerprint density at radius 3 is 2.88 bits per heavy atom. The monoisotopic (exact) mass is 231 g/mol. The van der Waals surface area contributed by atoms with Crippen molar-refractivity contribution in [1.82, 2.24) is 5.32 Å². The van der Waals surface area contributed by atoms with Crippen molar-refractivity contribution in [2.24, 2.45) is 5.92 Å². The van der Waals surface area contributed by atoms with Gasteiger partial charge in [0.15, 0.2) is 0 Å². The molecule has 1 heteroatoms. The van der Waals surface area contributed by atoms with E-state index in [0.29, 0.717) is 6.04 Å². The summed E-state index contributed by atoms with van der Waals surface area (Å²) in [5, 5.41) is 3.50. The number of nitrogens with one attached hydrogen (secondary N) is 1. The quantitative estimate of drug-likeness (QED) is 0.779. The molecule has 1 N–H and O–H groups in total. The second-order valence-corrected chi connectivity index (χ2v) is 5.50. The Morgan fingerprint density at radius 2 is 2.18 bits per heavy atom. The minimum absolute atomic E-state index is 0.555. The molecule has 0 bridgehead atoms. The van der Waals surface area contributed by atoms with Gasteiger partial charge in [0.1, 0.15) is 0 Å². The first-order valence-corrected chi connectivity index (χ1v) is 7.03. The SMILES string of the molecule is CCCc1ccc2c(c1)C(NC)CC(C)CC2. The third-order valence-corrected chi connectivity index (χ3v) is 4.02. The van der Waals surface area contributed by atoms with Crippen molar-refractivity contribution in [3.8, 4) is 0 Å². The van der Waals surface area contributed by atoms with Crippen LogP contribution in [0.1, 0.15) is 55.8 Å². The van der Waals surface area contributed by atoms with Gasteiger partial charge in [-0.2, -0.15) is 0 Å². The van der Waals surface area contributed by atoms with Crippen LogP contribution in [0.5, 0.6) is 0 Å². The highest BCUT2D eigenvalue weighted by Crippen LogP contribution is 2.32. The summed E-state index contributed by atoms with van der Waals surface area (Å²) in [6, 6.07) is 7.69. The number of hydrogen-bond donors (Lipinski definition) is 1. The minimum atomic E-state index is 0.555. The zero-order chi connectivity index (χ0) is 12.3. The maximum atomic E-state index is 3.50. The molecule has 0 saturated carbocycles. The molecule has 1 aromatic rings. The summed E-state index contributed by atoms with van der Waals surface area (Å²) < 4.78 is 0. The lowest BCUT2D eigenvalue weighted by Gasteiger charge is -2.19. The van der Waals surface area contributed by atoms with Crippen LogP contribution < -0.4 is 5.32 Å². The average Bonchev–Trinajstić information content (AvgIpc) is 2.49. The maximum absolute atomic E-state index is 3.50. The molecule has 17 heavy (non-hydrogen) atoms. The largest absolute Gasteiger partial charge is 0.313 e. The molecular formula is C16H25N. The molecule has 0 aromatic heterocycles. The van der Waals surface area contributed by atoms with Crippen LogP contribution in [0.2, 0.25) is 0 Å². The van der Waals surface area contributed by atoms with E-state index in [-0.39, 0.29) is 0 Å². The Kier molecular flexibility index (Phi) is 4.22. The highest BCUT2D eigenvalue weighted by atomic mass is 14.9. The Hall–Kier alpha value is -0.820. The molecule has 0 saturated heterocycles. The fraction of sp³-hybridized carbons (Fsp3) is 0.625. The van der Waals surface area contributed by atoms with E-state index < -0.39 is 0 Å². The highest BCUT2D eigenvalue weighted by molar-refractivity contribution is 5.35. The molecule has 0 amide bonds. The van der Waals surface area contributed by atoms with Crippen LogP contribution in [-0.4, -0.2) is 7.05 Å². The highest BCUT2D eigenvalue weighted by Gasteiger charge is 2.21. The van der Waals surface area contributed by atoms with Crippen molar-refractivity contribution < 1.29 is 0 Å². The van der Waals surface area contributed by atoms with E-state index in [2.05, 4.69) is 44.4 Å². The van der Waals surface area contributed by atoms with E-state index in [9.17, 15) is 0 Å². The summed E-state index contributed by atoms with van der Waals surface area (Å²) in [4.78, 5) is 0. The zero-order valence-electron chi connectivity index (χ0n) is 11.4. The summed E-state index contributed by atoms with van der Waals surface area (Å²) >= 11 is 0. The van der Waals surface area contributed by atoms with E-state index >= 15 is 0 Å². The molecule has 94 valence electrons. The Labute approximate surface area is 106 Å². The maximum Gasteiger partial charge on any atom is 0.0322 e. The molecule has 0 radical (unpaired) electrons. The van der Waals surface area contributed by atoms with Crippen molar-refractivity contribution in [3.05, 3.63) is 34.9 Å². The van der Waals surface area contributed by atoms with Crippen molar-refractivity contribution in [3.63, 3.8) is 0 Å². The molecule has 0 heterocycles. The lowest BCUT2D eigenvalue weighted by molar-refractivity contribution is 0.428. The molecule has 0 spiro atoms. The second-order valence-electron chi connectivity index (χ2n) is 5.50. The number of rotatable bonds is 3. The standard InChI is InChI=1S/C16H25N/c1-4-5-13-7-9-14-8-6-12(2)10-16(17-3)15(14)11-13/h7,9,11-12,16-17H,4-6,8,10H2,1-3H3. The van der Waals surface area contributed by atoms with Gasteiger partial charge >= 0.3 is 0 Å². The number of aryl methyl sites for hydroxylation is 2. The van der Waals surface area contributed by atoms with E-state index in [0.717, 1.165) is 5.92 Å². The van der Waals surface area contributed by atoms with E-state index in [1.165, 1.54) is 37.7 Å². The van der Waals surface area contributed by atoms with E-state index in [1.807, 2.05) is 0 Å². The summed E-state index contributed by atoms with van der Waals surface area (Å²) in [6.07, 6.45) is 6.30. The van der Waals surface area contributed by atoms with Gasteiger partial charge in [-0.05, 0) is 55.3 Å². The third-order valence-electron chi connectivity index (χ3n) is 4.02. The first-order valence-electron chi connectivity index (χ1n) is 7.03. The summed E-state index contributed by atoms with van der Waals surface area (Å²) in [5.41, 5.74) is 4.62. The van der Waals surface area contributed by atoms with Crippen molar-refractivity contribution in [2.75, 3.05) is 7.05 Å². The Bertz CT molecular complexity index is 370. The molecular weight excluding hydrogens is 206 g/mol. The lowest BCUT2D eigenvalue weighted by Crippen LogP contribution is -2.18. The fourth-order valence-electron chi connectivity index (χ4n) is 2.96. The smallest absolute Gasteiger partial charge is 0.0322 e. The number of benzene rings is 1. The molecule has 2 atom stereocenters. The molecule has 1 aromatic carbocycles. The van der Waals surface area contributed by atoms with Gasteiger partial charge in [0.2, 0.25) is 0 Å². The molecule has 1 nitrogen and oxygen atoms in total. The second kappa shape index (κ2) is 5.68. The molecule has 2 rings (SSSR count). The first-order chi connectivity index (χ1) is 8.24. The molecule has 1 aliphatic rings. The normalized spacial score (nSPS) is 24.2. The van der Waals surface area contributed by atoms with Crippen LogP contribution in [0.25, 0.3) is 0 Å². The van der Waals surface area contributed by atoms with Crippen LogP contribution >= 0.6 is 0 Å². The first kappa shape index (κ1) is 12.6. The fourth-order valence-corrected chi connectivity index (χ4v) is 2.96. The van der Waals surface area contributed by atoms with Gasteiger partial charge in [-0.25, -0.2) is 0 Å². The van der Waals surface area contributed by atoms with Gasteiger partial charge in [0, 0.05) is 6.04 Å². The number of hydrogen-bond acceptors (Lipinski definition) is 1. The van der Waals surface area contributed by atoms with Gasteiger partial charge < -0.3 is 5.32 Å². The average molecular weight is 231 g/mol. The van der Waals surface area contributed by atoms with Crippen molar-refractivity contribution >= 4 is 0 Å². The van der Waals surface area contributed by atoms with Gasteiger partial charge in [0.05, 0.1) is 0 Å². The van der Waals surface area contributed by atoms with E-state index in [1.54, 1.807) is 11.1 Å². The van der Waals surface area contributed by atoms with Gasteiger partial charge in [-0.3, -0.25) is 0 Å². The summed E-state index contributed by atoms with van der Waals surface area (Å²) in [7, 11) is 2.10. The molecule has 0 aliphatic heterocycles. The Balaban J connectivity index is 2.32. The lowest BCUT2D eigenvalue weighted by atomic mass is 9.94. The van der Waals surface area contributed by atoms with Crippen LogP contribution in [0.3, 0.4) is 0 Å². The van der Waals surface area contributed by atoms with Crippen LogP contribution in [0.15, 0.2) is 18.2 Å². The molecule has 2 unspecified atom stereocenters. The predicted molar refractivity (Wildman–Crippen MR) is 74.3 cm³/mol. The molecule has 1 aliphatic carbocycles. The van der Waals surface area contributed by atoms with Crippen molar-refractivity contribution in [1.29, 1.82) is 0 Å². The summed E-state index contributed by atoms with van der Waals surface area (Å²) in [6.45, 7) is 4.63.